The number of pyridine rings is 1. The maximum absolute atomic E-state index is 13.2. The smallest absolute Gasteiger partial charge is 0.292 e. The highest BCUT2D eigenvalue weighted by molar-refractivity contribution is 6.11. The van der Waals surface area contributed by atoms with E-state index in [2.05, 4.69) is 10.3 Å². The summed E-state index contributed by atoms with van der Waals surface area (Å²) < 4.78 is 1.65. The Labute approximate surface area is 174 Å². The molecule has 0 unspecified atom stereocenters. The maximum atomic E-state index is 13.2. The van der Waals surface area contributed by atoms with Gasteiger partial charge in [0.05, 0.1) is 5.52 Å². The molecule has 0 atom stereocenters. The summed E-state index contributed by atoms with van der Waals surface area (Å²) in [4.78, 5) is 32.2. The van der Waals surface area contributed by atoms with Crippen LogP contribution in [-0.4, -0.2) is 28.2 Å². The van der Waals surface area contributed by atoms with Crippen LogP contribution in [0.4, 0.5) is 11.4 Å². The molecule has 30 heavy (non-hydrogen) atoms. The first-order valence-electron chi connectivity index (χ1n) is 9.65. The third-order valence-electron chi connectivity index (χ3n) is 5.26. The number of fused-ring (bicyclic) bond motifs is 1. The number of amides is 2. The monoisotopic (exact) mass is 398 g/mol. The minimum atomic E-state index is -0.369. The van der Waals surface area contributed by atoms with E-state index in [4.69, 9.17) is 0 Å². The van der Waals surface area contributed by atoms with E-state index in [1.165, 1.54) is 4.90 Å². The molecule has 6 nitrogen and oxygen atoms in total. The number of carbonyl (C=O) groups excluding carboxylic acids is 2. The van der Waals surface area contributed by atoms with Gasteiger partial charge in [0.15, 0.2) is 5.69 Å². The third-order valence-corrected chi connectivity index (χ3v) is 5.26. The number of hydrogen-bond acceptors (Lipinski definition) is 3. The zero-order valence-corrected chi connectivity index (χ0v) is 17.1. The lowest BCUT2D eigenvalue weighted by molar-refractivity contribution is 0.0990. The van der Waals surface area contributed by atoms with Crippen molar-refractivity contribution in [1.82, 2.24) is 9.38 Å². The number of benzene rings is 2. The molecule has 1 N–H and O–H groups in total. The summed E-state index contributed by atoms with van der Waals surface area (Å²) >= 11 is 0. The lowest BCUT2D eigenvalue weighted by atomic mass is 10.1. The molecule has 0 spiro atoms. The Kier molecular flexibility index (Phi) is 5.06. The summed E-state index contributed by atoms with van der Waals surface area (Å²) in [5, 5.41) is 2.93. The fraction of sp³-hybridized carbons (Fsp3) is 0.125. The summed E-state index contributed by atoms with van der Waals surface area (Å²) in [5.41, 5.74) is 4.36. The molecule has 2 amide bonds. The number of para-hydroxylation sites is 1. The highest BCUT2D eigenvalue weighted by Gasteiger charge is 2.24. The molecule has 150 valence electrons. The summed E-state index contributed by atoms with van der Waals surface area (Å²) in [6.45, 7) is 3.95. The average Bonchev–Trinajstić information content (AvgIpc) is 3.16. The Morgan fingerprint density at radius 3 is 2.43 bits per heavy atom. The molecule has 0 aliphatic rings. The van der Waals surface area contributed by atoms with E-state index in [0.29, 0.717) is 5.52 Å². The van der Waals surface area contributed by atoms with Crippen LogP contribution in [0.15, 0.2) is 72.9 Å². The standard InChI is InChI=1S/C24H22N4O2/c1-16-10-9-13-19(17(16)2)25-23(29)22-26-21(20-14-7-8-15-28(20)22)24(30)27(3)18-11-5-4-6-12-18/h4-15H,1-3H3,(H,25,29). The lowest BCUT2D eigenvalue weighted by Gasteiger charge is -2.16. The van der Waals surface area contributed by atoms with Crippen molar-refractivity contribution in [1.29, 1.82) is 0 Å². The van der Waals surface area contributed by atoms with E-state index >= 15 is 0 Å². The first-order valence-corrected chi connectivity index (χ1v) is 9.65. The second kappa shape index (κ2) is 7.83. The van der Waals surface area contributed by atoms with Gasteiger partial charge in [-0.15, -0.1) is 0 Å². The number of carbonyl (C=O) groups is 2. The maximum Gasteiger partial charge on any atom is 0.292 e. The van der Waals surface area contributed by atoms with Crippen molar-refractivity contribution in [2.24, 2.45) is 0 Å². The second-order valence-corrected chi connectivity index (χ2v) is 7.14. The highest BCUT2D eigenvalue weighted by atomic mass is 16.2. The number of nitrogens with zero attached hydrogens (tertiary/aromatic N) is 3. The van der Waals surface area contributed by atoms with Crippen LogP contribution in [-0.2, 0) is 0 Å². The van der Waals surface area contributed by atoms with E-state index in [9.17, 15) is 9.59 Å². The first-order chi connectivity index (χ1) is 14.5. The lowest BCUT2D eigenvalue weighted by Crippen LogP contribution is -2.26. The van der Waals surface area contributed by atoms with Crippen molar-refractivity contribution in [2.45, 2.75) is 13.8 Å². The topological polar surface area (TPSA) is 66.7 Å². The minimum Gasteiger partial charge on any atom is -0.319 e. The molecule has 2 aromatic heterocycles. The van der Waals surface area contributed by atoms with Crippen molar-refractivity contribution in [3.8, 4) is 0 Å². The molecule has 4 aromatic rings. The molecule has 6 heteroatoms. The van der Waals surface area contributed by atoms with Crippen molar-refractivity contribution in [3.63, 3.8) is 0 Å². The van der Waals surface area contributed by atoms with Gasteiger partial charge in [-0.3, -0.25) is 14.0 Å². The fourth-order valence-corrected chi connectivity index (χ4v) is 3.35. The minimum absolute atomic E-state index is 0.163. The van der Waals surface area contributed by atoms with Gasteiger partial charge >= 0.3 is 0 Å². The van der Waals surface area contributed by atoms with Gasteiger partial charge in [-0.2, -0.15) is 0 Å². The predicted octanol–water partition coefficient (Wildman–Crippen LogP) is 4.48. The zero-order chi connectivity index (χ0) is 21.3. The SMILES string of the molecule is Cc1cccc(NC(=O)c2nc(C(=O)N(C)c3ccccc3)c3ccccn23)c1C. The summed E-state index contributed by atoms with van der Waals surface area (Å²) in [6.07, 6.45) is 1.74. The Morgan fingerprint density at radius 1 is 0.933 bits per heavy atom. The van der Waals surface area contributed by atoms with Crippen LogP contribution in [0.5, 0.6) is 0 Å². The average molecular weight is 398 g/mol. The van der Waals surface area contributed by atoms with E-state index in [1.807, 2.05) is 68.4 Å². The van der Waals surface area contributed by atoms with Crippen LogP contribution in [0.25, 0.3) is 5.52 Å². The quantitative estimate of drug-likeness (QED) is 0.551. The Hall–Kier alpha value is -3.93. The molecule has 0 aliphatic heterocycles. The van der Waals surface area contributed by atoms with Gasteiger partial charge in [-0.05, 0) is 55.3 Å². The van der Waals surface area contributed by atoms with Gasteiger partial charge in [0.25, 0.3) is 11.8 Å². The Balaban J connectivity index is 1.73. The van der Waals surface area contributed by atoms with E-state index in [1.54, 1.807) is 29.8 Å². The first kappa shape index (κ1) is 19.4. The zero-order valence-electron chi connectivity index (χ0n) is 17.1. The molecular formula is C24H22N4O2. The third kappa shape index (κ3) is 3.43. The molecule has 0 saturated carbocycles. The van der Waals surface area contributed by atoms with Crippen LogP contribution in [0.1, 0.15) is 32.2 Å². The van der Waals surface area contributed by atoms with E-state index < -0.39 is 0 Å². The van der Waals surface area contributed by atoms with Gasteiger partial charge in [0.2, 0.25) is 5.82 Å². The fourth-order valence-electron chi connectivity index (χ4n) is 3.35. The van der Waals surface area contributed by atoms with Crippen LogP contribution >= 0.6 is 0 Å². The molecule has 0 saturated heterocycles. The summed E-state index contributed by atoms with van der Waals surface area (Å²) in [5.74, 6) is -0.488. The largest absolute Gasteiger partial charge is 0.319 e. The van der Waals surface area contributed by atoms with Crippen LogP contribution in [0, 0.1) is 13.8 Å². The number of rotatable bonds is 4. The van der Waals surface area contributed by atoms with Gasteiger partial charge in [0, 0.05) is 24.6 Å². The summed E-state index contributed by atoms with van der Waals surface area (Å²) in [7, 11) is 1.70. The summed E-state index contributed by atoms with van der Waals surface area (Å²) in [6, 6.07) is 20.5. The van der Waals surface area contributed by atoms with Crippen LogP contribution < -0.4 is 10.2 Å². The number of nitrogens with one attached hydrogen (secondary N) is 1. The number of aryl methyl sites for hydroxylation is 1. The normalized spacial score (nSPS) is 10.8. The van der Waals surface area contributed by atoms with Gasteiger partial charge < -0.3 is 10.2 Å². The predicted molar refractivity (Wildman–Crippen MR) is 118 cm³/mol. The molecule has 0 radical (unpaired) electrons. The molecule has 2 heterocycles. The van der Waals surface area contributed by atoms with Gasteiger partial charge in [-0.25, -0.2) is 4.98 Å². The number of aromatic nitrogens is 2. The number of hydrogen-bond donors (Lipinski definition) is 1. The number of imidazole rings is 1. The molecule has 2 aromatic carbocycles. The van der Waals surface area contributed by atoms with Crippen molar-refractivity contribution < 1.29 is 9.59 Å². The van der Waals surface area contributed by atoms with Crippen LogP contribution in [0.3, 0.4) is 0 Å². The van der Waals surface area contributed by atoms with E-state index in [0.717, 1.165) is 22.5 Å². The van der Waals surface area contributed by atoms with E-state index in [-0.39, 0.29) is 23.3 Å². The number of anilines is 2. The molecule has 0 fully saturated rings. The highest BCUT2D eigenvalue weighted by Crippen LogP contribution is 2.22. The van der Waals surface area contributed by atoms with Crippen molar-refractivity contribution in [2.75, 3.05) is 17.3 Å². The van der Waals surface area contributed by atoms with Crippen molar-refractivity contribution in [3.05, 3.63) is 95.6 Å². The van der Waals surface area contributed by atoms with Gasteiger partial charge in [-0.1, -0.05) is 36.4 Å². The van der Waals surface area contributed by atoms with Crippen LogP contribution in [0.2, 0.25) is 0 Å². The Morgan fingerprint density at radius 2 is 1.67 bits per heavy atom. The molecule has 0 aliphatic carbocycles. The molecular weight excluding hydrogens is 376 g/mol. The Bertz CT molecular complexity index is 1240. The van der Waals surface area contributed by atoms with Gasteiger partial charge in [0.1, 0.15) is 0 Å². The molecule has 4 rings (SSSR count). The molecule has 0 bridgehead atoms. The second-order valence-electron chi connectivity index (χ2n) is 7.14. The van der Waals surface area contributed by atoms with Crippen molar-refractivity contribution >= 4 is 28.7 Å².